The summed E-state index contributed by atoms with van der Waals surface area (Å²) in [7, 11) is 0. The fourth-order valence-corrected chi connectivity index (χ4v) is 3.72. The lowest BCUT2D eigenvalue weighted by Gasteiger charge is -2.29. The highest BCUT2D eigenvalue weighted by Crippen LogP contribution is 2.38. The monoisotopic (exact) mass is 246 g/mol. The Morgan fingerprint density at radius 2 is 1.85 bits per heavy atom. The fraction of sp³-hybridized carbons (Fsp3) is 1.00. The molecule has 0 aliphatic heterocycles. The Morgan fingerprint density at radius 1 is 1.31 bits per heavy atom. The summed E-state index contributed by atoms with van der Waals surface area (Å²) in [6.07, 6.45) is 8.67. The van der Waals surface area contributed by atoms with E-state index in [1.807, 2.05) is 0 Å². The van der Waals surface area contributed by atoms with E-state index in [2.05, 4.69) is 36.7 Å². The van der Waals surface area contributed by atoms with Gasteiger partial charge in [0, 0.05) is 4.83 Å². The Morgan fingerprint density at radius 3 is 2.31 bits per heavy atom. The molecule has 1 rings (SSSR count). The molecule has 1 unspecified atom stereocenters. The average Bonchev–Trinajstić information content (AvgIpc) is 2.34. The van der Waals surface area contributed by atoms with Gasteiger partial charge in [0.05, 0.1) is 0 Å². The van der Waals surface area contributed by atoms with Crippen molar-refractivity contribution in [2.45, 2.75) is 64.1 Å². The summed E-state index contributed by atoms with van der Waals surface area (Å²) in [5.74, 6) is 1.03. The van der Waals surface area contributed by atoms with Gasteiger partial charge in [0.25, 0.3) is 0 Å². The second-order valence-electron chi connectivity index (χ2n) is 5.50. The van der Waals surface area contributed by atoms with Crippen LogP contribution >= 0.6 is 15.9 Å². The quantitative estimate of drug-likeness (QED) is 0.628. The third-order valence-corrected chi connectivity index (χ3v) is 3.47. The molecule has 0 radical (unpaired) electrons. The Bertz CT molecular complexity index is 143. The standard InChI is InChI=1S/C12H23Br/c1-10(13)8-12(2,3)9-11-6-4-5-7-11/h10-11H,4-9H2,1-3H3. The van der Waals surface area contributed by atoms with Gasteiger partial charge in [0.1, 0.15) is 0 Å². The van der Waals surface area contributed by atoms with Crippen molar-refractivity contribution in [2.75, 3.05) is 0 Å². The number of halogens is 1. The normalized spacial score (nSPS) is 22.2. The summed E-state index contributed by atoms with van der Waals surface area (Å²) in [5.41, 5.74) is 0.540. The lowest BCUT2D eigenvalue weighted by molar-refractivity contribution is 0.251. The van der Waals surface area contributed by atoms with Crippen LogP contribution in [0.3, 0.4) is 0 Å². The minimum Gasteiger partial charge on any atom is -0.0893 e. The molecule has 78 valence electrons. The molecule has 1 saturated carbocycles. The van der Waals surface area contributed by atoms with Crippen molar-refractivity contribution in [1.29, 1.82) is 0 Å². The predicted molar refractivity (Wildman–Crippen MR) is 63.4 cm³/mol. The minimum atomic E-state index is 0.540. The molecule has 0 saturated heterocycles. The van der Waals surface area contributed by atoms with Crippen molar-refractivity contribution in [2.24, 2.45) is 11.3 Å². The number of hydrogen-bond acceptors (Lipinski definition) is 0. The molecule has 1 aliphatic carbocycles. The molecule has 13 heavy (non-hydrogen) atoms. The van der Waals surface area contributed by atoms with E-state index in [1.54, 1.807) is 0 Å². The maximum atomic E-state index is 3.66. The van der Waals surface area contributed by atoms with Crippen molar-refractivity contribution in [3.8, 4) is 0 Å². The molecule has 0 spiro atoms. The zero-order valence-electron chi connectivity index (χ0n) is 9.28. The summed E-state index contributed by atoms with van der Waals surface area (Å²) in [5, 5.41) is 0. The van der Waals surface area contributed by atoms with E-state index in [0.717, 1.165) is 5.92 Å². The van der Waals surface area contributed by atoms with Crippen molar-refractivity contribution >= 4 is 15.9 Å². The van der Waals surface area contributed by atoms with Crippen LogP contribution in [0.15, 0.2) is 0 Å². The average molecular weight is 247 g/mol. The first-order chi connectivity index (χ1) is 5.99. The van der Waals surface area contributed by atoms with Gasteiger partial charge >= 0.3 is 0 Å². The highest BCUT2D eigenvalue weighted by Gasteiger charge is 2.26. The Labute approximate surface area is 91.6 Å². The molecule has 1 heteroatoms. The maximum Gasteiger partial charge on any atom is 0.0122 e. The van der Waals surface area contributed by atoms with E-state index in [4.69, 9.17) is 0 Å². The third kappa shape index (κ3) is 4.49. The van der Waals surface area contributed by atoms with E-state index in [-0.39, 0.29) is 0 Å². The highest BCUT2D eigenvalue weighted by atomic mass is 79.9. The number of hydrogen-bond donors (Lipinski definition) is 0. The van der Waals surface area contributed by atoms with Gasteiger partial charge in [-0.2, -0.15) is 0 Å². The first kappa shape index (κ1) is 11.6. The Kier molecular flexibility index (Phi) is 4.28. The van der Waals surface area contributed by atoms with Crippen LogP contribution in [-0.4, -0.2) is 4.83 Å². The van der Waals surface area contributed by atoms with E-state index in [0.29, 0.717) is 10.2 Å². The molecule has 1 aliphatic rings. The first-order valence-electron chi connectivity index (χ1n) is 5.64. The Balaban J connectivity index is 2.31. The van der Waals surface area contributed by atoms with Crippen LogP contribution in [-0.2, 0) is 0 Å². The van der Waals surface area contributed by atoms with Gasteiger partial charge in [-0.1, -0.05) is 62.4 Å². The van der Waals surface area contributed by atoms with Crippen LogP contribution in [0, 0.1) is 11.3 Å². The van der Waals surface area contributed by atoms with Crippen LogP contribution in [0.2, 0.25) is 0 Å². The summed E-state index contributed by atoms with van der Waals surface area (Å²) < 4.78 is 0. The second kappa shape index (κ2) is 4.82. The van der Waals surface area contributed by atoms with Crippen LogP contribution in [0.4, 0.5) is 0 Å². The molecule has 0 bridgehead atoms. The van der Waals surface area contributed by atoms with Gasteiger partial charge in [-0.25, -0.2) is 0 Å². The SMILES string of the molecule is CC(Br)CC(C)(C)CC1CCCC1. The van der Waals surface area contributed by atoms with Crippen molar-refractivity contribution in [3.05, 3.63) is 0 Å². The summed E-state index contributed by atoms with van der Waals surface area (Å²) in [6.45, 7) is 7.10. The van der Waals surface area contributed by atoms with Crippen LogP contribution < -0.4 is 0 Å². The van der Waals surface area contributed by atoms with Gasteiger partial charge in [0.15, 0.2) is 0 Å². The van der Waals surface area contributed by atoms with Crippen LogP contribution in [0.1, 0.15) is 59.3 Å². The molecule has 0 N–H and O–H groups in total. The predicted octanol–water partition coefficient (Wildman–Crippen LogP) is 4.77. The number of alkyl halides is 1. The smallest absolute Gasteiger partial charge is 0.0122 e. The largest absolute Gasteiger partial charge is 0.0893 e. The molecule has 0 aromatic carbocycles. The lowest BCUT2D eigenvalue weighted by atomic mass is 9.79. The van der Waals surface area contributed by atoms with Gasteiger partial charge in [-0.3, -0.25) is 0 Å². The van der Waals surface area contributed by atoms with E-state index < -0.39 is 0 Å². The van der Waals surface area contributed by atoms with Gasteiger partial charge < -0.3 is 0 Å². The highest BCUT2D eigenvalue weighted by molar-refractivity contribution is 9.09. The van der Waals surface area contributed by atoms with E-state index in [1.165, 1.54) is 38.5 Å². The van der Waals surface area contributed by atoms with E-state index in [9.17, 15) is 0 Å². The lowest BCUT2D eigenvalue weighted by Crippen LogP contribution is -2.19. The van der Waals surface area contributed by atoms with Crippen LogP contribution in [0.5, 0.6) is 0 Å². The molecule has 1 atom stereocenters. The Hall–Kier alpha value is 0.480. The molecule has 0 nitrogen and oxygen atoms in total. The second-order valence-corrected chi connectivity index (χ2v) is 7.07. The molecule has 0 aromatic rings. The number of rotatable bonds is 4. The molecule has 1 fully saturated rings. The van der Waals surface area contributed by atoms with Crippen molar-refractivity contribution in [1.82, 2.24) is 0 Å². The zero-order valence-corrected chi connectivity index (χ0v) is 10.9. The fourth-order valence-electron chi connectivity index (χ4n) is 2.84. The summed E-state index contributed by atoms with van der Waals surface area (Å²) in [4.78, 5) is 0.670. The molecule has 0 heterocycles. The van der Waals surface area contributed by atoms with Gasteiger partial charge in [-0.15, -0.1) is 0 Å². The third-order valence-electron chi connectivity index (χ3n) is 3.15. The first-order valence-corrected chi connectivity index (χ1v) is 6.55. The maximum absolute atomic E-state index is 3.66. The van der Waals surface area contributed by atoms with Crippen LogP contribution in [0.25, 0.3) is 0 Å². The minimum absolute atomic E-state index is 0.540. The molecule has 0 amide bonds. The van der Waals surface area contributed by atoms with Gasteiger partial charge in [-0.05, 0) is 24.2 Å². The van der Waals surface area contributed by atoms with Gasteiger partial charge in [0.2, 0.25) is 0 Å². The molecular weight excluding hydrogens is 224 g/mol. The summed E-state index contributed by atoms with van der Waals surface area (Å²) in [6, 6.07) is 0. The van der Waals surface area contributed by atoms with Crippen molar-refractivity contribution < 1.29 is 0 Å². The summed E-state index contributed by atoms with van der Waals surface area (Å²) >= 11 is 3.66. The van der Waals surface area contributed by atoms with E-state index >= 15 is 0 Å². The van der Waals surface area contributed by atoms with Crippen molar-refractivity contribution in [3.63, 3.8) is 0 Å². The molecule has 0 aromatic heterocycles. The zero-order chi connectivity index (χ0) is 9.90. The molecular formula is C12H23Br. The topological polar surface area (TPSA) is 0 Å².